The van der Waals surface area contributed by atoms with Gasteiger partial charge in [0.05, 0.1) is 17.8 Å². The summed E-state index contributed by atoms with van der Waals surface area (Å²) in [5.74, 6) is 0.0757. The number of nitrogens with one attached hydrogen (secondary N) is 3. The topological polar surface area (TPSA) is 113 Å². The van der Waals surface area contributed by atoms with Gasteiger partial charge in [-0.15, -0.1) is 0 Å². The summed E-state index contributed by atoms with van der Waals surface area (Å²) in [6.45, 7) is 4.13. The van der Waals surface area contributed by atoms with E-state index in [2.05, 4.69) is 34.1 Å². The minimum Gasteiger partial charge on any atom is -0.495 e. The molecule has 10 heteroatoms. The first-order chi connectivity index (χ1) is 14.7. The molecule has 2 aromatic carbocycles. The van der Waals surface area contributed by atoms with Crippen LogP contribution in [0.5, 0.6) is 5.75 Å². The van der Waals surface area contributed by atoms with Crippen LogP contribution in [-0.2, 0) is 16.4 Å². The van der Waals surface area contributed by atoms with Crippen molar-refractivity contribution < 1.29 is 17.9 Å². The number of benzene rings is 2. The van der Waals surface area contributed by atoms with Crippen molar-refractivity contribution >= 4 is 38.9 Å². The Kier molecular flexibility index (Phi) is 6.87. The van der Waals surface area contributed by atoms with Gasteiger partial charge >= 0.3 is 0 Å². The van der Waals surface area contributed by atoms with E-state index >= 15 is 0 Å². The Morgan fingerprint density at radius 2 is 1.94 bits per heavy atom. The third kappa shape index (κ3) is 5.56. The van der Waals surface area contributed by atoms with Gasteiger partial charge in [-0.3, -0.25) is 14.6 Å². The SMILES string of the molecule is COc1ccc(NC(=O)c2cc(CC(C)C)[nH]n2)cc1S(=O)(=O)Nc1ccccc1Cl. The van der Waals surface area contributed by atoms with Crippen LogP contribution >= 0.6 is 11.6 Å². The molecule has 0 saturated carbocycles. The molecule has 0 aliphatic rings. The molecule has 164 valence electrons. The molecule has 0 aliphatic heterocycles. The van der Waals surface area contributed by atoms with E-state index in [-0.39, 0.29) is 32.7 Å². The molecule has 31 heavy (non-hydrogen) atoms. The number of hydrogen-bond acceptors (Lipinski definition) is 5. The van der Waals surface area contributed by atoms with E-state index in [0.29, 0.717) is 5.92 Å². The Morgan fingerprint density at radius 3 is 2.61 bits per heavy atom. The number of hydrogen-bond donors (Lipinski definition) is 3. The second-order valence-corrected chi connectivity index (χ2v) is 9.34. The first kappa shape index (κ1) is 22.6. The van der Waals surface area contributed by atoms with Crippen molar-refractivity contribution in [2.75, 3.05) is 17.1 Å². The second-order valence-electron chi connectivity index (χ2n) is 7.28. The van der Waals surface area contributed by atoms with Crippen molar-refractivity contribution in [3.05, 3.63) is 64.9 Å². The Morgan fingerprint density at radius 1 is 1.19 bits per heavy atom. The molecule has 0 saturated heterocycles. The van der Waals surface area contributed by atoms with Crippen LogP contribution in [0.4, 0.5) is 11.4 Å². The number of halogens is 1. The Labute approximate surface area is 186 Å². The number of methoxy groups -OCH3 is 1. The van der Waals surface area contributed by atoms with Crippen LogP contribution in [0, 0.1) is 5.92 Å². The zero-order valence-corrected chi connectivity index (χ0v) is 18.8. The van der Waals surface area contributed by atoms with E-state index in [1.165, 1.54) is 19.2 Å². The maximum atomic E-state index is 13.0. The second kappa shape index (κ2) is 9.40. The molecule has 0 radical (unpaired) electrons. The molecule has 0 fully saturated rings. The van der Waals surface area contributed by atoms with E-state index in [0.717, 1.165) is 12.1 Å². The zero-order chi connectivity index (χ0) is 22.6. The average molecular weight is 463 g/mol. The third-order valence-electron chi connectivity index (χ3n) is 4.32. The molecule has 0 bridgehead atoms. The standard InChI is InChI=1S/C21H23ClN4O4S/c1-13(2)10-15-11-18(25-24-15)21(27)23-14-8-9-19(30-3)20(12-14)31(28,29)26-17-7-5-4-6-16(17)22/h4-9,11-13,26H,10H2,1-3H3,(H,23,27)(H,24,25). The average Bonchev–Trinajstić information content (AvgIpc) is 3.17. The van der Waals surface area contributed by atoms with Crippen molar-refractivity contribution in [2.24, 2.45) is 5.92 Å². The van der Waals surface area contributed by atoms with Crippen LogP contribution < -0.4 is 14.8 Å². The summed E-state index contributed by atoms with van der Waals surface area (Å²) < 4.78 is 33.6. The quantitative estimate of drug-likeness (QED) is 0.461. The fourth-order valence-electron chi connectivity index (χ4n) is 2.93. The smallest absolute Gasteiger partial charge is 0.276 e. The van der Waals surface area contributed by atoms with E-state index in [1.54, 1.807) is 36.4 Å². The summed E-state index contributed by atoms with van der Waals surface area (Å²) in [4.78, 5) is 12.4. The molecule has 0 atom stereocenters. The van der Waals surface area contributed by atoms with E-state index in [4.69, 9.17) is 16.3 Å². The number of nitrogens with zero attached hydrogens (tertiary/aromatic N) is 1. The summed E-state index contributed by atoms with van der Waals surface area (Å²) in [5, 5.41) is 9.79. The van der Waals surface area contributed by atoms with Crippen molar-refractivity contribution in [3.63, 3.8) is 0 Å². The molecule has 1 amide bonds. The molecule has 0 unspecified atom stereocenters. The van der Waals surface area contributed by atoms with E-state index in [1.807, 2.05) is 0 Å². The predicted octanol–water partition coefficient (Wildman–Crippen LogP) is 4.32. The Balaban J connectivity index is 1.85. The van der Waals surface area contributed by atoms with Gasteiger partial charge in [-0.1, -0.05) is 37.6 Å². The number of amides is 1. The summed E-state index contributed by atoms with van der Waals surface area (Å²) in [7, 11) is -2.68. The molecule has 3 N–H and O–H groups in total. The largest absolute Gasteiger partial charge is 0.495 e. The molecule has 0 aliphatic carbocycles. The van der Waals surface area contributed by atoms with Gasteiger partial charge < -0.3 is 10.1 Å². The highest BCUT2D eigenvalue weighted by molar-refractivity contribution is 7.92. The Hall–Kier alpha value is -3.04. The van der Waals surface area contributed by atoms with Crippen molar-refractivity contribution in [1.29, 1.82) is 0 Å². The lowest BCUT2D eigenvalue weighted by atomic mass is 10.1. The van der Waals surface area contributed by atoms with E-state index < -0.39 is 15.9 Å². The minimum atomic E-state index is -4.04. The molecular weight excluding hydrogens is 440 g/mol. The van der Waals surface area contributed by atoms with Crippen LogP contribution in [-0.4, -0.2) is 31.6 Å². The molecule has 0 spiro atoms. The predicted molar refractivity (Wildman–Crippen MR) is 120 cm³/mol. The lowest BCUT2D eigenvalue weighted by Gasteiger charge is -2.14. The number of H-pyrrole nitrogens is 1. The number of carbonyl (C=O) groups is 1. The lowest BCUT2D eigenvalue weighted by Crippen LogP contribution is -2.16. The maximum Gasteiger partial charge on any atom is 0.276 e. The maximum absolute atomic E-state index is 13.0. The summed E-state index contributed by atoms with van der Waals surface area (Å²) in [5.41, 5.74) is 1.57. The molecule has 8 nitrogen and oxygen atoms in total. The van der Waals surface area contributed by atoms with Gasteiger partial charge in [0.15, 0.2) is 5.69 Å². The minimum absolute atomic E-state index is 0.122. The van der Waals surface area contributed by atoms with Crippen LogP contribution in [0.2, 0.25) is 5.02 Å². The van der Waals surface area contributed by atoms with Gasteiger partial charge in [0.2, 0.25) is 0 Å². The van der Waals surface area contributed by atoms with Gasteiger partial charge in [0.1, 0.15) is 10.6 Å². The molecule has 3 aromatic rings. The molecule has 3 rings (SSSR count). The van der Waals surface area contributed by atoms with Crippen molar-refractivity contribution in [3.8, 4) is 5.75 Å². The van der Waals surface area contributed by atoms with Gasteiger partial charge in [-0.25, -0.2) is 8.42 Å². The molecule has 1 aromatic heterocycles. The number of ether oxygens (including phenoxy) is 1. The number of aromatic amines is 1. The van der Waals surface area contributed by atoms with Gasteiger partial charge in [0.25, 0.3) is 15.9 Å². The monoisotopic (exact) mass is 462 g/mol. The van der Waals surface area contributed by atoms with Crippen LogP contribution in [0.15, 0.2) is 53.4 Å². The third-order valence-corrected chi connectivity index (χ3v) is 6.04. The summed E-state index contributed by atoms with van der Waals surface area (Å²) in [6.07, 6.45) is 0.763. The normalized spacial score (nSPS) is 11.4. The number of carbonyl (C=O) groups excluding carboxylic acids is 1. The number of rotatable bonds is 8. The van der Waals surface area contributed by atoms with Crippen molar-refractivity contribution in [1.82, 2.24) is 10.2 Å². The fourth-order valence-corrected chi connectivity index (χ4v) is 4.44. The lowest BCUT2D eigenvalue weighted by molar-refractivity contribution is 0.102. The molecular formula is C21H23ClN4O4S. The number of aromatic nitrogens is 2. The van der Waals surface area contributed by atoms with Crippen molar-refractivity contribution in [2.45, 2.75) is 25.2 Å². The zero-order valence-electron chi connectivity index (χ0n) is 17.3. The Bertz CT molecular complexity index is 1190. The summed E-state index contributed by atoms with van der Waals surface area (Å²) in [6, 6.07) is 12.5. The van der Waals surface area contributed by atoms with Gasteiger partial charge in [-0.2, -0.15) is 5.10 Å². The number of sulfonamides is 1. The van der Waals surface area contributed by atoms with Crippen LogP contribution in [0.1, 0.15) is 30.0 Å². The highest BCUT2D eigenvalue weighted by atomic mass is 35.5. The number of para-hydroxylation sites is 1. The first-order valence-electron chi connectivity index (χ1n) is 9.50. The van der Waals surface area contributed by atoms with E-state index in [9.17, 15) is 13.2 Å². The van der Waals surface area contributed by atoms with Gasteiger partial charge in [0, 0.05) is 11.4 Å². The summed E-state index contributed by atoms with van der Waals surface area (Å²) >= 11 is 6.07. The fraction of sp³-hybridized carbons (Fsp3) is 0.238. The van der Waals surface area contributed by atoms with Gasteiger partial charge in [-0.05, 0) is 48.7 Å². The number of anilines is 2. The molecule has 1 heterocycles. The highest BCUT2D eigenvalue weighted by Crippen LogP contribution is 2.31. The highest BCUT2D eigenvalue weighted by Gasteiger charge is 2.22. The van der Waals surface area contributed by atoms with Crippen LogP contribution in [0.3, 0.4) is 0 Å². The first-order valence-corrected chi connectivity index (χ1v) is 11.4. The van der Waals surface area contributed by atoms with Crippen LogP contribution in [0.25, 0.3) is 0 Å².